The quantitative estimate of drug-likeness (QED) is 0.329. The molecule has 1 heterocycles. The third-order valence-corrected chi connectivity index (χ3v) is 7.94. The van der Waals surface area contributed by atoms with Gasteiger partial charge in [-0.3, -0.25) is 14.6 Å². The van der Waals surface area contributed by atoms with Crippen LogP contribution in [0.2, 0.25) is 12.1 Å². The number of aliphatic imine (C=N–C) groups is 1. The van der Waals surface area contributed by atoms with E-state index >= 15 is 0 Å². The van der Waals surface area contributed by atoms with E-state index in [1.54, 1.807) is 0 Å². The molecule has 6 heteroatoms. The maximum atomic E-state index is 13.1. The van der Waals surface area contributed by atoms with Crippen LogP contribution in [0.4, 0.5) is 0 Å². The summed E-state index contributed by atoms with van der Waals surface area (Å²) in [5, 5.41) is 3.04. The van der Waals surface area contributed by atoms with E-state index < -0.39 is 0 Å². The summed E-state index contributed by atoms with van der Waals surface area (Å²) in [5.74, 6) is 1.76. The number of carbonyl (C=O) groups is 2. The molecule has 0 aromatic heterocycles. The van der Waals surface area contributed by atoms with Gasteiger partial charge in [0.1, 0.15) is 13.1 Å². The Kier molecular flexibility index (Phi) is 12.2. The number of hydrogen-bond donors (Lipinski definition) is 1. The predicted octanol–water partition coefficient (Wildman–Crippen LogP) is 6.08. The van der Waals surface area contributed by atoms with Gasteiger partial charge in [0.25, 0.3) is 0 Å². The predicted molar refractivity (Wildman–Crippen MR) is 142 cm³/mol. The van der Waals surface area contributed by atoms with Crippen molar-refractivity contribution in [1.29, 1.82) is 0 Å². The third kappa shape index (κ3) is 9.22. The van der Waals surface area contributed by atoms with Crippen LogP contribution in [0, 0.1) is 5.92 Å². The molecule has 0 spiro atoms. The Bertz CT molecular complexity index is 685. The van der Waals surface area contributed by atoms with Gasteiger partial charge in [-0.1, -0.05) is 101 Å². The van der Waals surface area contributed by atoms with Crippen molar-refractivity contribution in [1.82, 2.24) is 10.2 Å². The summed E-state index contributed by atoms with van der Waals surface area (Å²) in [6.07, 6.45) is 23.4. The molecule has 2 atom stereocenters. The molecule has 2 fully saturated rings. The fraction of sp³-hybridized carbons (Fsp3) is 0.821. The lowest BCUT2D eigenvalue weighted by molar-refractivity contribution is -0.130. The van der Waals surface area contributed by atoms with Crippen molar-refractivity contribution in [2.75, 3.05) is 13.1 Å². The van der Waals surface area contributed by atoms with Crippen molar-refractivity contribution in [3.63, 3.8) is 0 Å². The highest BCUT2D eigenvalue weighted by molar-refractivity contribution is 6.37. The largest absolute Gasteiger partial charge is 0.340 e. The zero-order chi connectivity index (χ0) is 24.0. The molecule has 2 saturated carbocycles. The van der Waals surface area contributed by atoms with Crippen LogP contribution in [0.15, 0.2) is 17.1 Å². The van der Waals surface area contributed by atoms with E-state index in [0.29, 0.717) is 25.2 Å². The Labute approximate surface area is 208 Å². The second kappa shape index (κ2) is 15.4. The minimum absolute atomic E-state index is 0.0209. The van der Waals surface area contributed by atoms with Gasteiger partial charge in [0.05, 0.1) is 12.0 Å². The molecule has 1 radical (unpaired) electrons. The second-order valence-electron chi connectivity index (χ2n) is 10.6. The molecule has 0 saturated heterocycles. The monoisotopic (exact) mass is 468 g/mol. The maximum absolute atomic E-state index is 13.1. The molecule has 3 rings (SSSR count). The minimum atomic E-state index is 0.0209. The Morgan fingerprint density at radius 3 is 2.35 bits per heavy atom. The summed E-state index contributed by atoms with van der Waals surface area (Å²) in [6.45, 7) is 3.45. The Balaban J connectivity index is 1.49. The van der Waals surface area contributed by atoms with E-state index in [1.807, 2.05) is 17.9 Å². The summed E-state index contributed by atoms with van der Waals surface area (Å²) in [7, 11) is 2.48. The highest BCUT2D eigenvalue weighted by Crippen LogP contribution is 2.28. The average Bonchev–Trinajstić information content (AvgIpc) is 2.93. The summed E-state index contributed by atoms with van der Waals surface area (Å²) < 4.78 is 0. The van der Waals surface area contributed by atoms with Crippen LogP contribution in [0.1, 0.15) is 110 Å². The number of rotatable bonds is 9. The van der Waals surface area contributed by atoms with E-state index in [2.05, 4.69) is 18.7 Å². The van der Waals surface area contributed by atoms with Gasteiger partial charge >= 0.3 is 0 Å². The molecule has 0 bridgehead atoms. The topological polar surface area (TPSA) is 61.8 Å². The standard InChI is InChI=1S/C28H47BN3O2/c1-2-3-21-32(22-20-29-23-14-10-6-4-7-11-15-23)27(33)19-18-26-30-25-17-13-9-5-8-12-16-24(25)28(34)31-26/h2-3,23-25H,4-22H2,1H3,(H,30,31,34)/b3-2-. The van der Waals surface area contributed by atoms with Gasteiger partial charge in [0.15, 0.2) is 0 Å². The van der Waals surface area contributed by atoms with E-state index in [4.69, 9.17) is 4.99 Å². The molecule has 34 heavy (non-hydrogen) atoms. The van der Waals surface area contributed by atoms with Crippen molar-refractivity contribution >= 4 is 24.9 Å². The zero-order valence-electron chi connectivity index (χ0n) is 21.6. The van der Waals surface area contributed by atoms with Crippen LogP contribution >= 0.6 is 0 Å². The first-order valence-corrected chi connectivity index (χ1v) is 14.3. The first kappa shape index (κ1) is 27.0. The molecule has 0 aromatic rings. The smallest absolute Gasteiger partial charge is 0.230 e. The molecule has 2 unspecified atom stereocenters. The lowest BCUT2D eigenvalue weighted by Crippen LogP contribution is -2.46. The number of carbonyl (C=O) groups excluding carboxylic acids is 2. The first-order valence-electron chi connectivity index (χ1n) is 14.3. The van der Waals surface area contributed by atoms with E-state index in [1.165, 1.54) is 64.2 Å². The summed E-state index contributed by atoms with van der Waals surface area (Å²) >= 11 is 0. The number of nitrogens with one attached hydrogen (secondary N) is 1. The summed E-state index contributed by atoms with van der Waals surface area (Å²) in [6, 6.07) is 0.106. The normalized spacial score (nSPS) is 25.1. The van der Waals surface area contributed by atoms with Crippen LogP contribution in [0.3, 0.4) is 0 Å². The molecule has 1 N–H and O–H groups in total. The number of nitrogens with zero attached hydrogens (tertiary/aromatic N) is 2. The molecule has 1 aliphatic heterocycles. The Morgan fingerprint density at radius 2 is 1.65 bits per heavy atom. The highest BCUT2D eigenvalue weighted by Gasteiger charge is 2.33. The molecule has 2 amide bonds. The molecule has 0 aromatic carbocycles. The lowest BCUT2D eigenvalue weighted by atomic mass is 9.58. The van der Waals surface area contributed by atoms with Gasteiger partial charge < -0.3 is 10.2 Å². The van der Waals surface area contributed by atoms with Gasteiger partial charge in [-0.15, -0.1) is 0 Å². The van der Waals surface area contributed by atoms with Crippen molar-refractivity contribution in [3.05, 3.63) is 12.2 Å². The lowest BCUT2D eigenvalue weighted by Gasteiger charge is -2.29. The van der Waals surface area contributed by atoms with Crippen LogP contribution in [0.5, 0.6) is 0 Å². The Morgan fingerprint density at radius 1 is 1.00 bits per heavy atom. The van der Waals surface area contributed by atoms with Gasteiger partial charge in [-0.2, -0.15) is 0 Å². The minimum Gasteiger partial charge on any atom is -0.340 e. The van der Waals surface area contributed by atoms with Crippen LogP contribution in [0.25, 0.3) is 0 Å². The first-order chi connectivity index (χ1) is 16.7. The third-order valence-electron chi connectivity index (χ3n) is 7.94. The maximum Gasteiger partial charge on any atom is 0.230 e. The van der Waals surface area contributed by atoms with Crippen molar-refractivity contribution in [3.8, 4) is 0 Å². The fourth-order valence-corrected chi connectivity index (χ4v) is 5.82. The molecule has 3 aliphatic rings. The summed E-state index contributed by atoms with van der Waals surface area (Å²) in [5.41, 5.74) is 0. The van der Waals surface area contributed by atoms with Crippen molar-refractivity contribution in [2.45, 2.75) is 128 Å². The number of hydrogen-bond acceptors (Lipinski definition) is 3. The highest BCUT2D eigenvalue weighted by atomic mass is 16.2. The van der Waals surface area contributed by atoms with E-state index in [-0.39, 0.29) is 23.8 Å². The summed E-state index contributed by atoms with van der Waals surface area (Å²) in [4.78, 5) is 32.8. The second-order valence-corrected chi connectivity index (χ2v) is 10.6. The van der Waals surface area contributed by atoms with E-state index in [9.17, 15) is 9.59 Å². The van der Waals surface area contributed by atoms with E-state index in [0.717, 1.165) is 44.4 Å². The molecule has 5 nitrogen and oxygen atoms in total. The Hall–Kier alpha value is -1.59. The fourth-order valence-electron chi connectivity index (χ4n) is 5.82. The molecular weight excluding hydrogens is 421 g/mol. The SMILES string of the molecule is C/C=C\CN(CC[B]C1CCCCCCC1)C(=O)CCC1=NC2CCCCCCCC2C(=O)N1. The van der Waals surface area contributed by atoms with Crippen molar-refractivity contribution < 1.29 is 9.59 Å². The number of amidine groups is 1. The number of allylic oxidation sites excluding steroid dienone is 1. The van der Waals surface area contributed by atoms with Gasteiger partial charge in [-0.25, -0.2) is 0 Å². The number of fused-ring (bicyclic) bond motifs is 1. The van der Waals surface area contributed by atoms with Gasteiger partial charge in [0, 0.05) is 25.9 Å². The molecule has 2 aliphatic carbocycles. The van der Waals surface area contributed by atoms with Crippen LogP contribution in [-0.4, -0.2) is 49.0 Å². The molecular formula is C28H47BN3O2. The molecule has 189 valence electrons. The van der Waals surface area contributed by atoms with Gasteiger partial charge in [-0.05, 0) is 19.8 Å². The zero-order valence-corrected chi connectivity index (χ0v) is 21.6. The van der Waals surface area contributed by atoms with Gasteiger partial charge in [0.2, 0.25) is 11.8 Å². The number of amides is 2. The van der Waals surface area contributed by atoms with Crippen molar-refractivity contribution in [2.24, 2.45) is 10.9 Å². The van der Waals surface area contributed by atoms with Crippen LogP contribution in [-0.2, 0) is 9.59 Å². The average molecular weight is 469 g/mol. The van der Waals surface area contributed by atoms with Crippen LogP contribution < -0.4 is 5.32 Å².